The van der Waals surface area contributed by atoms with Gasteiger partial charge in [0.1, 0.15) is 0 Å². The average Bonchev–Trinajstić information content (AvgIpc) is 3.22. The number of para-hydroxylation sites is 1. The molecule has 4 rings (SSSR count). The van der Waals surface area contributed by atoms with Crippen LogP contribution in [0.4, 0.5) is 5.69 Å². The van der Waals surface area contributed by atoms with Crippen LogP contribution in [0.25, 0.3) is 0 Å². The molecule has 3 saturated heterocycles. The van der Waals surface area contributed by atoms with Crippen LogP contribution in [-0.2, 0) is 0 Å². The Hall–Kier alpha value is -1.59. The maximum absolute atomic E-state index is 13.2. The first-order valence-corrected chi connectivity index (χ1v) is 10.3. The number of piperidine rings is 2. The van der Waals surface area contributed by atoms with Crippen molar-refractivity contribution in [2.24, 2.45) is 0 Å². The molecule has 1 atom stereocenters. The number of aliphatic hydroxyl groups is 1. The van der Waals surface area contributed by atoms with Gasteiger partial charge in [0, 0.05) is 44.5 Å². The molecule has 0 radical (unpaired) electrons. The van der Waals surface area contributed by atoms with E-state index in [-0.39, 0.29) is 12.0 Å². The monoisotopic (exact) mass is 357 g/mol. The molecule has 5 nitrogen and oxygen atoms in total. The summed E-state index contributed by atoms with van der Waals surface area (Å²) in [4.78, 5) is 20.0. The highest BCUT2D eigenvalue weighted by Crippen LogP contribution is 2.27. The molecule has 0 aromatic heterocycles. The minimum Gasteiger partial charge on any atom is -0.392 e. The Kier molecular flexibility index (Phi) is 5.46. The number of benzene rings is 1. The molecule has 0 unspecified atom stereocenters. The molecule has 1 aromatic rings. The van der Waals surface area contributed by atoms with Gasteiger partial charge < -0.3 is 14.9 Å². The summed E-state index contributed by atoms with van der Waals surface area (Å²) in [5.74, 6) is 0.185. The van der Waals surface area contributed by atoms with E-state index >= 15 is 0 Å². The van der Waals surface area contributed by atoms with Crippen molar-refractivity contribution in [3.8, 4) is 0 Å². The van der Waals surface area contributed by atoms with Crippen LogP contribution in [0, 0.1) is 0 Å². The molecule has 1 N–H and O–H groups in total. The van der Waals surface area contributed by atoms with Gasteiger partial charge in [-0.05, 0) is 57.2 Å². The maximum Gasteiger partial charge on any atom is 0.255 e. The first-order chi connectivity index (χ1) is 12.7. The predicted octanol–water partition coefficient (Wildman–Crippen LogP) is 2.35. The van der Waals surface area contributed by atoms with Gasteiger partial charge in [0.25, 0.3) is 5.91 Å². The first kappa shape index (κ1) is 17.8. The summed E-state index contributed by atoms with van der Waals surface area (Å²) >= 11 is 0. The normalized spacial score (nSPS) is 25.7. The van der Waals surface area contributed by atoms with E-state index in [9.17, 15) is 9.90 Å². The van der Waals surface area contributed by atoms with Crippen molar-refractivity contribution in [3.05, 3.63) is 29.8 Å². The van der Waals surface area contributed by atoms with Crippen LogP contribution in [0.2, 0.25) is 0 Å². The van der Waals surface area contributed by atoms with Crippen LogP contribution in [0.15, 0.2) is 24.3 Å². The van der Waals surface area contributed by atoms with Gasteiger partial charge in [-0.2, -0.15) is 0 Å². The molecule has 3 fully saturated rings. The second-order valence-electron chi connectivity index (χ2n) is 8.03. The predicted molar refractivity (Wildman–Crippen MR) is 104 cm³/mol. The Bertz CT molecular complexity index is 621. The lowest BCUT2D eigenvalue weighted by atomic mass is 9.98. The Labute approximate surface area is 156 Å². The van der Waals surface area contributed by atoms with Crippen LogP contribution in [0.3, 0.4) is 0 Å². The number of β-amino-alcohol motifs (C(OH)–C–C–N with tert-alkyl or cyclic N) is 1. The van der Waals surface area contributed by atoms with Crippen molar-refractivity contribution in [2.45, 2.75) is 50.7 Å². The summed E-state index contributed by atoms with van der Waals surface area (Å²) in [5.41, 5.74) is 1.97. The van der Waals surface area contributed by atoms with Gasteiger partial charge in [-0.3, -0.25) is 9.69 Å². The Morgan fingerprint density at radius 1 is 0.923 bits per heavy atom. The minimum atomic E-state index is -0.171. The van der Waals surface area contributed by atoms with Crippen molar-refractivity contribution in [2.75, 3.05) is 44.2 Å². The van der Waals surface area contributed by atoms with E-state index in [0.717, 1.165) is 76.2 Å². The lowest BCUT2D eigenvalue weighted by Crippen LogP contribution is -2.50. The number of rotatable bonds is 3. The molecule has 3 heterocycles. The third kappa shape index (κ3) is 3.74. The van der Waals surface area contributed by atoms with Crippen molar-refractivity contribution >= 4 is 11.6 Å². The molecule has 142 valence electrons. The molecule has 3 aliphatic rings. The highest BCUT2D eigenvalue weighted by Gasteiger charge is 2.31. The van der Waals surface area contributed by atoms with E-state index in [1.54, 1.807) is 0 Å². The zero-order valence-electron chi connectivity index (χ0n) is 15.6. The largest absolute Gasteiger partial charge is 0.392 e. The highest BCUT2D eigenvalue weighted by molar-refractivity contribution is 6.00. The smallest absolute Gasteiger partial charge is 0.255 e. The summed E-state index contributed by atoms with van der Waals surface area (Å²) in [5, 5.41) is 9.92. The molecule has 0 spiro atoms. The molecule has 1 amide bonds. The molecule has 26 heavy (non-hydrogen) atoms. The van der Waals surface area contributed by atoms with Crippen LogP contribution >= 0.6 is 0 Å². The number of hydrogen-bond donors (Lipinski definition) is 1. The third-order valence-corrected chi connectivity index (χ3v) is 6.28. The van der Waals surface area contributed by atoms with E-state index in [1.165, 1.54) is 12.8 Å². The molecule has 0 aliphatic carbocycles. The average molecular weight is 357 g/mol. The lowest BCUT2D eigenvalue weighted by Gasteiger charge is -2.41. The molecule has 1 aromatic carbocycles. The maximum atomic E-state index is 13.2. The second kappa shape index (κ2) is 7.97. The summed E-state index contributed by atoms with van der Waals surface area (Å²) in [7, 11) is 0. The topological polar surface area (TPSA) is 47.0 Å². The zero-order valence-corrected chi connectivity index (χ0v) is 15.6. The van der Waals surface area contributed by atoms with E-state index in [1.807, 2.05) is 23.1 Å². The Morgan fingerprint density at radius 2 is 1.65 bits per heavy atom. The fraction of sp³-hybridized carbons (Fsp3) is 0.667. The van der Waals surface area contributed by atoms with Crippen molar-refractivity contribution in [3.63, 3.8) is 0 Å². The Morgan fingerprint density at radius 3 is 2.38 bits per heavy atom. The summed E-state index contributed by atoms with van der Waals surface area (Å²) in [6.07, 6.45) is 6.32. The molecular formula is C21H31N3O2. The van der Waals surface area contributed by atoms with Gasteiger partial charge in [-0.15, -0.1) is 0 Å². The molecular weight excluding hydrogens is 326 g/mol. The van der Waals surface area contributed by atoms with Gasteiger partial charge in [-0.1, -0.05) is 12.1 Å². The van der Waals surface area contributed by atoms with E-state index in [0.29, 0.717) is 6.04 Å². The molecule has 5 heteroatoms. The summed E-state index contributed by atoms with van der Waals surface area (Å²) in [6, 6.07) is 8.62. The number of anilines is 1. The third-order valence-electron chi connectivity index (χ3n) is 6.28. The SMILES string of the molecule is O=C(c1ccccc1N1CCCC1)N1CCC(N2CCC[C@H](O)C2)CC1. The van der Waals surface area contributed by atoms with Crippen LogP contribution in [-0.4, -0.2) is 72.2 Å². The number of aliphatic hydroxyl groups excluding tert-OH is 1. The summed E-state index contributed by atoms with van der Waals surface area (Å²) < 4.78 is 0. The van der Waals surface area contributed by atoms with Gasteiger partial charge >= 0.3 is 0 Å². The Balaban J connectivity index is 1.39. The molecule has 0 saturated carbocycles. The number of carbonyl (C=O) groups excluding carboxylic acids is 1. The minimum absolute atomic E-state index is 0.171. The van der Waals surface area contributed by atoms with Crippen LogP contribution in [0.1, 0.15) is 48.9 Å². The standard InChI is InChI=1S/C21H31N3O2/c25-18-6-5-13-24(16-18)17-9-14-23(15-10-17)21(26)19-7-1-2-8-20(19)22-11-3-4-12-22/h1-2,7-8,17-18,25H,3-6,9-16H2/t18-/m0/s1. The van der Waals surface area contributed by atoms with E-state index in [2.05, 4.69) is 15.9 Å². The first-order valence-electron chi connectivity index (χ1n) is 10.3. The van der Waals surface area contributed by atoms with Crippen molar-refractivity contribution < 1.29 is 9.90 Å². The van der Waals surface area contributed by atoms with Crippen LogP contribution in [0.5, 0.6) is 0 Å². The lowest BCUT2D eigenvalue weighted by molar-refractivity contribution is 0.0241. The van der Waals surface area contributed by atoms with E-state index < -0.39 is 0 Å². The van der Waals surface area contributed by atoms with Gasteiger partial charge in [0.2, 0.25) is 0 Å². The van der Waals surface area contributed by atoms with Gasteiger partial charge in [0.05, 0.1) is 11.7 Å². The van der Waals surface area contributed by atoms with Crippen molar-refractivity contribution in [1.29, 1.82) is 0 Å². The second-order valence-corrected chi connectivity index (χ2v) is 8.03. The number of amides is 1. The fourth-order valence-electron chi connectivity index (χ4n) is 4.81. The number of hydrogen-bond acceptors (Lipinski definition) is 4. The van der Waals surface area contributed by atoms with E-state index in [4.69, 9.17) is 0 Å². The highest BCUT2D eigenvalue weighted by atomic mass is 16.3. The molecule has 3 aliphatic heterocycles. The van der Waals surface area contributed by atoms with Crippen LogP contribution < -0.4 is 4.90 Å². The van der Waals surface area contributed by atoms with Gasteiger partial charge in [-0.25, -0.2) is 0 Å². The fourth-order valence-corrected chi connectivity index (χ4v) is 4.81. The quantitative estimate of drug-likeness (QED) is 0.902. The number of nitrogens with zero attached hydrogens (tertiary/aromatic N) is 3. The van der Waals surface area contributed by atoms with Gasteiger partial charge in [0.15, 0.2) is 0 Å². The number of likely N-dealkylation sites (tertiary alicyclic amines) is 2. The molecule has 0 bridgehead atoms. The van der Waals surface area contributed by atoms with Crippen molar-refractivity contribution in [1.82, 2.24) is 9.80 Å². The zero-order chi connectivity index (χ0) is 17.9. The number of carbonyl (C=O) groups is 1. The summed E-state index contributed by atoms with van der Waals surface area (Å²) in [6.45, 7) is 5.66.